The lowest BCUT2D eigenvalue weighted by atomic mass is 9.98. The van der Waals surface area contributed by atoms with Crippen LogP contribution in [0.25, 0.3) is 5.76 Å². The molecule has 35 heavy (non-hydrogen) atoms. The molecule has 0 saturated carbocycles. The van der Waals surface area contributed by atoms with E-state index >= 15 is 0 Å². The average Bonchev–Trinajstić information content (AvgIpc) is 3.40. The fourth-order valence-electron chi connectivity index (χ4n) is 4.06. The van der Waals surface area contributed by atoms with Gasteiger partial charge in [-0.25, -0.2) is 0 Å². The summed E-state index contributed by atoms with van der Waals surface area (Å²) in [5.74, 6) is 0.121. The molecule has 2 aromatic carbocycles. The molecular formula is C26H24ClNO7. The van der Waals surface area contributed by atoms with Crippen LogP contribution in [-0.2, 0) is 16.1 Å². The van der Waals surface area contributed by atoms with Crippen molar-refractivity contribution >= 4 is 29.1 Å². The lowest BCUT2D eigenvalue weighted by Gasteiger charge is -2.23. The van der Waals surface area contributed by atoms with E-state index in [1.54, 1.807) is 50.4 Å². The molecule has 1 amide bonds. The van der Waals surface area contributed by atoms with Crippen molar-refractivity contribution < 1.29 is 33.3 Å². The van der Waals surface area contributed by atoms with Crippen LogP contribution in [0.2, 0.25) is 5.02 Å². The minimum Gasteiger partial charge on any atom is -0.507 e. The van der Waals surface area contributed by atoms with Gasteiger partial charge in [-0.05, 0) is 42.8 Å². The highest BCUT2D eigenvalue weighted by Gasteiger charge is 2.47. The summed E-state index contributed by atoms with van der Waals surface area (Å²) >= 11 is 6.29. The van der Waals surface area contributed by atoms with Crippen molar-refractivity contribution in [2.45, 2.75) is 19.5 Å². The maximum Gasteiger partial charge on any atom is 0.296 e. The van der Waals surface area contributed by atoms with Gasteiger partial charge in [-0.3, -0.25) is 9.59 Å². The van der Waals surface area contributed by atoms with Gasteiger partial charge in [-0.15, -0.1) is 0 Å². The van der Waals surface area contributed by atoms with Gasteiger partial charge in [0.2, 0.25) is 0 Å². The number of likely N-dealkylation sites (tertiary alicyclic amines) is 1. The summed E-state index contributed by atoms with van der Waals surface area (Å²) in [7, 11) is 4.42. The number of nitrogens with zero attached hydrogens (tertiary/aromatic N) is 1. The number of aliphatic hydroxyl groups excluding tert-OH is 1. The first-order chi connectivity index (χ1) is 16.8. The number of rotatable bonds is 7. The van der Waals surface area contributed by atoms with Crippen molar-refractivity contribution in [2.75, 3.05) is 21.3 Å². The number of hydrogen-bond acceptors (Lipinski definition) is 7. The molecule has 4 rings (SSSR count). The van der Waals surface area contributed by atoms with Gasteiger partial charge in [-0.1, -0.05) is 23.7 Å². The molecule has 8 nitrogen and oxygen atoms in total. The molecule has 1 aromatic heterocycles. The lowest BCUT2D eigenvalue weighted by molar-refractivity contribution is -0.140. The Labute approximate surface area is 207 Å². The van der Waals surface area contributed by atoms with E-state index < -0.39 is 23.5 Å². The number of aryl methyl sites for hydroxylation is 1. The van der Waals surface area contributed by atoms with E-state index in [1.807, 2.05) is 0 Å². The molecule has 0 spiro atoms. The molecule has 3 aromatic rings. The minimum atomic E-state index is -0.962. The second-order valence-electron chi connectivity index (χ2n) is 7.91. The number of furan rings is 1. The van der Waals surface area contributed by atoms with Gasteiger partial charge < -0.3 is 28.6 Å². The molecule has 1 saturated heterocycles. The minimum absolute atomic E-state index is 0.107. The van der Waals surface area contributed by atoms with Gasteiger partial charge in [0.25, 0.3) is 11.7 Å². The molecule has 1 N–H and O–H groups in total. The number of halogens is 1. The molecule has 1 unspecified atom stereocenters. The summed E-state index contributed by atoms with van der Waals surface area (Å²) in [6.45, 7) is 1.86. The van der Waals surface area contributed by atoms with Crippen LogP contribution < -0.4 is 14.2 Å². The van der Waals surface area contributed by atoms with E-state index in [0.29, 0.717) is 23.0 Å². The zero-order chi connectivity index (χ0) is 25.3. The van der Waals surface area contributed by atoms with Crippen molar-refractivity contribution in [3.05, 3.63) is 81.8 Å². The third-order valence-electron chi connectivity index (χ3n) is 5.81. The number of methoxy groups -OCH3 is 3. The summed E-state index contributed by atoms with van der Waals surface area (Å²) in [4.78, 5) is 27.8. The van der Waals surface area contributed by atoms with Gasteiger partial charge in [0, 0.05) is 12.6 Å². The maximum atomic E-state index is 13.3. The van der Waals surface area contributed by atoms with Crippen LogP contribution in [0.4, 0.5) is 0 Å². The first kappa shape index (κ1) is 24.2. The van der Waals surface area contributed by atoms with Crippen molar-refractivity contribution in [2.24, 2.45) is 0 Å². The van der Waals surface area contributed by atoms with Crippen LogP contribution in [-0.4, -0.2) is 43.0 Å². The van der Waals surface area contributed by atoms with Crippen LogP contribution in [0.1, 0.15) is 28.7 Å². The second kappa shape index (κ2) is 9.76. The van der Waals surface area contributed by atoms with E-state index in [0.717, 1.165) is 5.56 Å². The summed E-state index contributed by atoms with van der Waals surface area (Å²) in [6, 6.07) is 12.5. The maximum absolute atomic E-state index is 13.3. The highest BCUT2D eigenvalue weighted by molar-refractivity contribution is 6.46. The SMILES string of the molecule is COc1ccc(CN2C(=O)C(=O)/C(=C(/O)c3cc(Cl)c(OC)cc3OC)C2c2ccc(C)o2)cc1. The highest BCUT2D eigenvalue weighted by atomic mass is 35.5. The highest BCUT2D eigenvalue weighted by Crippen LogP contribution is 2.44. The Morgan fingerprint density at radius 3 is 2.26 bits per heavy atom. The Kier molecular flexibility index (Phi) is 6.75. The molecular weight excluding hydrogens is 474 g/mol. The molecule has 1 fully saturated rings. The number of ketones is 1. The fourth-order valence-corrected chi connectivity index (χ4v) is 4.30. The summed E-state index contributed by atoms with van der Waals surface area (Å²) in [5.41, 5.74) is 0.789. The Morgan fingerprint density at radius 2 is 1.69 bits per heavy atom. The Morgan fingerprint density at radius 1 is 1.00 bits per heavy atom. The lowest BCUT2D eigenvalue weighted by Crippen LogP contribution is -2.29. The van der Waals surface area contributed by atoms with Crippen molar-refractivity contribution in [1.29, 1.82) is 0 Å². The second-order valence-corrected chi connectivity index (χ2v) is 8.32. The van der Waals surface area contributed by atoms with Gasteiger partial charge in [0.15, 0.2) is 0 Å². The van der Waals surface area contributed by atoms with E-state index in [4.69, 9.17) is 30.2 Å². The van der Waals surface area contributed by atoms with Gasteiger partial charge in [0.05, 0.1) is 37.5 Å². The Bertz CT molecular complexity index is 1310. The Hall–Kier alpha value is -3.91. The molecule has 182 valence electrons. The third kappa shape index (κ3) is 4.44. The predicted molar refractivity (Wildman–Crippen MR) is 129 cm³/mol. The monoisotopic (exact) mass is 497 g/mol. The fraction of sp³-hybridized carbons (Fsp3) is 0.231. The molecule has 2 heterocycles. The smallest absolute Gasteiger partial charge is 0.296 e. The predicted octanol–water partition coefficient (Wildman–Crippen LogP) is 4.89. The number of Topliss-reactive ketones (excluding diaryl/α,β-unsaturated/α-hetero) is 1. The quantitative estimate of drug-likeness (QED) is 0.282. The van der Waals surface area contributed by atoms with E-state index in [1.165, 1.54) is 31.3 Å². The number of hydrogen-bond donors (Lipinski definition) is 1. The Balaban J connectivity index is 1.86. The summed E-state index contributed by atoms with van der Waals surface area (Å²) < 4.78 is 21.6. The van der Waals surface area contributed by atoms with Gasteiger partial charge >= 0.3 is 0 Å². The van der Waals surface area contributed by atoms with Crippen molar-refractivity contribution in [3.8, 4) is 17.2 Å². The van der Waals surface area contributed by atoms with Crippen LogP contribution in [0.3, 0.4) is 0 Å². The van der Waals surface area contributed by atoms with E-state index in [-0.39, 0.29) is 28.5 Å². The van der Waals surface area contributed by atoms with Gasteiger partial charge in [-0.2, -0.15) is 0 Å². The van der Waals surface area contributed by atoms with Gasteiger partial charge in [0.1, 0.15) is 40.6 Å². The molecule has 0 aliphatic carbocycles. The van der Waals surface area contributed by atoms with Crippen LogP contribution in [0.15, 0.2) is 58.5 Å². The summed E-state index contributed by atoms with van der Waals surface area (Å²) in [5, 5.41) is 11.5. The first-order valence-electron chi connectivity index (χ1n) is 10.7. The largest absolute Gasteiger partial charge is 0.507 e. The molecule has 0 radical (unpaired) electrons. The zero-order valence-corrected chi connectivity index (χ0v) is 20.4. The topological polar surface area (TPSA) is 98.4 Å². The van der Waals surface area contributed by atoms with Crippen molar-refractivity contribution in [3.63, 3.8) is 0 Å². The average molecular weight is 498 g/mol. The molecule has 1 aliphatic rings. The number of ether oxygens (including phenoxy) is 3. The molecule has 1 aliphatic heterocycles. The number of benzene rings is 2. The summed E-state index contributed by atoms with van der Waals surface area (Å²) in [6.07, 6.45) is 0. The molecule has 0 bridgehead atoms. The van der Waals surface area contributed by atoms with Crippen molar-refractivity contribution in [1.82, 2.24) is 4.90 Å². The number of carbonyl (C=O) groups is 2. The van der Waals surface area contributed by atoms with Crippen LogP contribution >= 0.6 is 11.6 Å². The number of carbonyl (C=O) groups excluding carboxylic acids is 2. The standard InChI is InChI=1S/C26H24ClNO7/c1-14-5-10-19(35-14)23-22(24(29)17-11-18(27)21(34-4)12-20(17)33-3)25(30)26(31)28(23)13-15-6-8-16(32-2)9-7-15/h5-12,23,29H,13H2,1-4H3/b24-22+. The number of aliphatic hydroxyl groups is 1. The van der Waals surface area contributed by atoms with E-state index in [9.17, 15) is 14.7 Å². The first-order valence-corrected chi connectivity index (χ1v) is 11.1. The normalized spacial score (nSPS) is 17.1. The molecule has 1 atom stereocenters. The zero-order valence-electron chi connectivity index (χ0n) is 19.6. The molecule has 9 heteroatoms. The van der Waals surface area contributed by atoms with Crippen LogP contribution in [0, 0.1) is 6.92 Å². The van der Waals surface area contributed by atoms with Crippen LogP contribution in [0.5, 0.6) is 17.2 Å². The number of amides is 1. The third-order valence-corrected chi connectivity index (χ3v) is 6.11. The van der Waals surface area contributed by atoms with E-state index in [2.05, 4.69) is 0 Å².